The Labute approximate surface area is 68.1 Å². The lowest BCUT2D eigenvalue weighted by Gasteiger charge is -2.17. The number of hydrogen-bond donors (Lipinski definition) is 0. The number of allylic oxidation sites excluding steroid dienone is 2. The van der Waals surface area contributed by atoms with Gasteiger partial charge in [0, 0.05) is 13.1 Å². The highest BCUT2D eigenvalue weighted by molar-refractivity contribution is 5.16. The standard InChI is InChI=1S/C10H15N/c1-11-5-9-7-2-3-8(4-7)10(9)6-11/h2-3,7-10H,4-6H2,1H3/t7-,8+,9-,10-/m0/s1. The van der Waals surface area contributed by atoms with E-state index in [1.54, 1.807) is 0 Å². The van der Waals surface area contributed by atoms with Crippen molar-refractivity contribution in [1.29, 1.82) is 0 Å². The summed E-state index contributed by atoms with van der Waals surface area (Å²) in [7, 11) is 2.26. The summed E-state index contributed by atoms with van der Waals surface area (Å²) in [5, 5.41) is 0. The molecule has 2 bridgehead atoms. The van der Waals surface area contributed by atoms with Crippen LogP contribution in [-0.2, 0) is 0 Å². The zero-order valence-corrected chi connectivity index (χ0v) is 7.03. The van der Waals surface area contributed by atoms with Crippen LogP contribution in [-0.4, -0.2) is 25.0 Å². The first-order valence-electron chi connectivity index (χ1n) is 4.71. The van der Waals surface area contributed by atoms with E-state index in [1.165, 1.54) is 19.5 Å². The minimum Gasteiger partial charge on any atom is -0.306 e. The molecule has 0 spiro atoms. The van der Waals surface area contributed by atoms with E-state index in [-0.39, 0.29) is 0 Å². The van der Waals surface area contributed by atoms with E-state index in [0.717, 1.165) is 23.7 Å². The Morgan fingerprint density at radius 2 is 1.64 bits per heavy atom. The van der Waals surface area contributed by atoms with Gasteiger partial charge in [0.15, 0.2) is 0 Å². The van der Waals surface area contributed by atoms with Gasteiger partial charge >= 0.3 is 0 Å². The molecule has 1 nitrogen and oxygen atoms in total. The molecule has 0 aromatic carbocycles. The number of hydrogen-bond acceptors (Lipinski definition) is 1. The average molecular weight is 149 g/mol. The molecule has 0 radical (unpaired) electrons. The number of fused-ring (bicyclic) bond motifs is 5. The fourth-order valence-electron chi connectivity index (χ4n) is 3.36. The van der Waals surface area contributed by atoms with Crippen molar-refractivity contribution in [3.8, 4) is 0 Å². The van der Waals surface area contributed by atoms with Crippen LogP contribution >= 0.6 is 0 Å². The van der Waals surface area contributed by atoms with Crippen molar-refractivity contribution < 1.29 is 0 Å². The van der Waals surface area contributed by atoms with Gasteiger partial charge in [-0.15, -0.1) is 0 Å². The van der Waals surface area contributed by atoms with E-state index in [2.05, 4.69) is 24.1 Å². The van der Waals surface area contributed by atoms with Crippen LogP contribution in [0, 0.1) is 23.7 Å². The monoisotopic (exact) mass is 149 g/mol. The van der Waals surface area contributed by atoms with Crippen LogP contribution in [0.25, 0.3) is 0 Å². The van der Waals surface area contributed by atoms with E-state index >= 15 is 0 Å². The number of nitrogens with zero attached hydrogens (tertiary/aromatic N) is 1. The second-order valence-corrected chi connectivity index (χ2v) is 4.50. The molecule has 0 amide bonds. The van der Waals surface area contributed by atoms with Crippen LogP contribution in [0.15, 0.2) is 12.2 Å². The van der Waals surface area contributed by atoms with Crippen molar-refractivity contribution >= 4 is 0 Å². The molecule has 60 valence electrons. The second-order valence-electron chi connectivity index (χ2n) is 4.50. The van der Waals surface area contributed by atoms with Crippen molar-refractivity contribution in [3.05, 3.63) is 12.2 Å². The molecule has 1 aliphatic heterocycles. The van der Waals surface area contributed by atoms with Crippen molar-refractivity contribution in [2.75, 3.05) is 20.1 Å². The Hall–Kier alpha value is -0.300. The third-order valence-electron chi connectivity index (χ3n) is 3.84. The summed E-state index contributed by atoms with van der Waals surface area (Å²) in [4.78, 5) is 2.50. The molecule has 1 heteroatoms. The lowest BCUT2D eigenvalue weighted by Crippen LogP contribution is -2.17. The molecule has 3 rings (SSSR count). The number of likely N-dealkylation sites (tertiary alicyclic amines) is 1. The molecule has 4 atom stereocenters. The molecule has 1 saturated carbocycles. The van der Waals surface area contributed by atoms with E-state index in [1.807, 2.05) is 0 Å². The summed E-state index contributed by atoms with van der Waals surface area (Å²) >= 11 is 0. The molecule has 0 aromatic rings. The van der Waals surface area contributed by atoms with Gasteiger partial charge in [0.2, 0.25) is 0 Å². The Balaban J connectivity index is 1.92. The van der Waals surface area contributed by atoms with Crippen LogP contribution in [0.2, 0.25) is 0 Å². The lowest BCUT2D eigenvalue weighted by molar-refractivity contribution is 0.359. The molecule has 1 saturated heterocycles. The number of rotatable bonds is 0. The minimum absolute atomic E-state index is 0.954. The summed E-state index contributed by atoms with van der Waals surface area (Å²) in [5.74, 6) is 3.95. The molecule has 3 aliphatic rings. The SMILES string of the molecule is CN1C[C@@H]2[C@@H](C1)[C@H]1C=C[C@@H]2C1. The van der Waals surface area contributed by atoms with E-state index in [0.29, 0.717) is 0 Å². The largest absolute Gasteiger partial charge is 0.306 e. The normalized spacial score (nSPS) is 53.9. The summed E-state index contributed by atoms with van der Waals surface area (Å²) in [6, 6.07) is 0. The fraction of sp³-hybridized carbons (Fsp3) is 0.800. The predicted molar refractivity (Wildman–Crippen MR) is 45.2 cm³/mol. The maximum Gasteiger partial charge on any atom is 0.00157 e. The minimum atomic E-state index is 0.954. The first kappa shape index (κ1) is 6.24. The molecular weight excluding hydrogens is 134 g/mol. The zero-order chi connectivity index (χ0) is 7.42. The molecule has 2 aliphatic carbocycles. The zero-order valence-electron chi connectivity index (χ0n) is 7.03. The highest BCUT2D eigenvalue weighted by atomic mass is 15.1. The first-order chi connectivity index (χ1) is 5.34. The Bertz CT molecular complexity index is 189. The Kier molecular flexibility index (Phi) is 1.07. The maximum absolute atomic E-state index is 2.50. The molecule has 11 heavy (non-hydrogen) atoms. The van der Waals surface area contributed by atoms with Gasteiger partial charge in [-0.1, -0.05) is 12.2 Å². The molecule has 0 aromatic heterocycles. The molecule has 1 heterocycles. The van der Waals surface area contributed by atoms with Crippen LogP contribution in [0.4, 0.5) is 0 Å². The van der Waals surface area contributed by atoms with Crippen LogP contribution < -0.4 is 0 Å². The predicted octanol–water partition coefficient (Wildman–Crippen LogP) is 1.37. The molecule has 0 unspecified atom stereocenters. The van der Waals surface area contributed by atoms with E-state index in [4.69, 9.17) is 0 Å². The molecule has 2 fully saturated rings. The van der Waals surface area contributed by atoms with Crippen molar-refractivity contribution in [3.63, 3.8) is 0 Å². The van der Waals surface area contributed by atoms with E-state index < -0.39 is 0 Å². The van der Waals surface area contributed by atoms with Gasteiger partial charge in [0.1, 0.15) is 0 Å². The highest BCUT2D eigenvalue weighted by Gasteiger charge is 2.48. The average Bonchev–Trinajstić information content (AvgIpc) is 2.53. The fourth-order valence-corrected chi connectivity index (χ4v) is 3.36. The van der Waals surface area contributed by atoms with Gasteiger partial charge in [-0.25, -0.2) is 0 Å². The third-order valence-corrected chi connectivity index (χ3v) is 3.84. The Morgan fingerprint density at radius 1 is 1.09 bits per heavy atom. The molecular formula is C10H15N. The lowest BCUT2D eigenvalue weighted by atomic mass is 9.86. The smallest absolute Gasteiger partial charge is 0.00157 e. The van der Waals surface area contributed by atoms with Gasteiger partial charge in [0.05, 0.1) is 0 Å². The van der Waals surface area contributed by atoms with Gasteiger partial charge in [-0.2, -0.15) is 0 Å². The third kappa shape index (κ3) is 0.698. The first-order valence-corrected chi connectivity index (χ1v) is 4.71. The van der Waals surface area contributed by atoms with E-state index in [9.17, 15) is 0 Å². The summed E-state index contributed by atoms with van der Waals surface area (Å²) < 4.78 is 0. The quantitative estimate of drug-likeness (QED) is 0.470. The van der Waals surface area contributed by atoms with Crippen molar-refractivity contribution in [2.45, 2.75) is 6.42 Å². The van der Waals surface area contributed by atoms with Crippen LogP contribution in [0.3, 0.4) is 0 Å². The Morgan fingerprint density at radius 3 is 2.18 bits per heavy atom. The van der Waals surface area contributed by atoms with Crippen LogP contribution in [0.1, 0.15) is 6.42 Å². The van der Waals surface area contributed by atoms with Gasteiger partial charge in [-0.3, -0.25) is 0 Å². The summed E-state index contributed by atoms with van der Waals surface area (Å²) in [5.41, 5.74) is 0. The second kappa shape index (κ2) is 1.89. The topological polar surface area (TPSA) is 3.24 Å². The van der Waals surface area contributed by atoms with Gasteiger partial charge in [-0.05, 0) is 37.1 Å². The highest BCUT2D eigenvalue weighted by Crippen LogP contribution is 2.50. The van der Waals surface area contributed by atoms with Crippen LogP contribution in [0.5, 0.6) is 0 Å². The van der Waals surface area contributed by atoms with Crippen molar-refractivity contribution in [1.82, 2.24) is 4.90 Å². The molecule has 0 N–H and O–H groups in total. The summed E-state index contributed by atoms with van der Waals surface area (Å²) in [6.45, 7) is 2.71. The maximum atomic E-state index is 2.50. The van der Waals surface area contributed by atoms with Crippen molar-refractivity contribution in [2.24, 2.45) is 23.7 Å². The summed E-state index contributed by atoms with van der Waals surface area (Å²) in [6.07, 6.45) is 6.40. The van der Waals surface area contributed by atoms with Gasteiger partial charge in [0.25, 0.3) is 0 Å². The van der Waals surface area contributed by atoms with Gasteiger partial charge < -0.3 is 4.90 Å².